The van der Waals surface area contributed by atoms with Crippen molar-refractivity contribution in [1.29, 1.82) is 0 Å². The smallest absolute Gasteiger partial charge is 0.258 e. The number of hydrogen-bond donors (Lipinski definition) is 0. The summed E-state index contributed by atoms with van der Waals surface area (Å²) in [6.45, 7) is 0. The predicted octanol–water partition coefficient (Wildman–Crippen LogP) is 4.54. The molecule has 0 spiro atoms. The van der Waals surface area contributed by atoms with Crippen LogP contribution in [-0.4, -0.2) is 4.92 Å². The first-order valence-electron chi connectivity index (χ1n) is 4.94. The molecule has 0 saturated heterocycles. The van der Waals surface area contributed by atoms with Gasteiger partial charge in [0.2, 0.25) is 5.82 Å². The van der Waals surface area contributed by atoms with Crippen LogP contribution in [0, 0.1) is 15.9 Å². The maximum Gasteiger partial charge on any atom is 0.318 e. The Morgan fingerprint density at radius 3 is 2.61 bits per heavy atom. The Bertz CT molecular complexity index is 606. The fourth-order valence-corrected chi connectivity index (χ4v) is 2.67. The van der Waals surface area contributed by atoms with Crippen LogP contribution < -0.4 is 0 Å². The summed E-state index contributed by atoms with van der Waals surface area (Å²) in [6, 6.07) is 10.9. The summed E-state index contributed by atoms with van der Waals surface area (Å²) in [4.78, 5) is 11.1. The van der Waals surface area contributed by atoms with Crippen LogP contribution in [0.25, 0.3) is 0 Å². The third kappa shape index (κ3) is 2.80. The molecule has 3 nitrogen and oxygen atoms in total. The highest BCUT2D eigenvalue weighted by molar-refractivity contribution is 7.99. The van der Waals surface area contributed by atoms with Crippen LogP contribution in [0.2, 0.25) is 5.02 Å². The lowest BCUT2D eigenvalue weighted by Gasteiger charge is -2.03. The summed E-state index contributed by atoms with van der Waals surface area (Å²) >= 11 is 6.93. The summed E-state index contributed by atoms with van der Waals surface area (Å²) in [5, 5.41) is 11.4. The molecule has 2 rings (SSSR count). The first kappa shape index (κ1) is 12.9. The van der Waals surface area contributed by atoms with Crippen LogP contribution in [0.15, 0.2) is 52.3 Å². The average Bonchev–Trinajstić information content (AvgIpc) is 2.28. The molecule has 0 aliphatic rings. The van der Waals surface area contributed by atoms with Gasteiger partial charge in [0.1, 0.15) is 0 Å². The molecular weight excluding hydrogens is 277 g/mol. The van der Waals surface area contributed by atoms with Gasteiger partial charge in [-0.3, -0.25) is 10.1 Å². The molecule has 0 N–H and O–H groups in total. The second-order valence-corrected chi connectivity index (χ2v) is 4.95. The highest BCUT2D eigenvalue weighted by atomic mass is 35.5. The van der Waals surface area contributed by atoms with Gasteiger partial charge >= 0.3 is 5.69 Å². The molecule has 0 aliphatic carbocycles. The van der Waals surface area contributed by atoms with E-state index in [0.29, 0.717) is 5.02 Å². The van der Waals surface area contributed by atoms with Crippen molar-refractivity contribution >= 4 is 29.1 Å². The molecule has 6 heteroatoms. The molecule has 2 aromatic carbocycles. The standard InChI is InChI=1S/C12H7ClFNO2S/c13-8-3-1-4-9(7-8)18-11-6-2-5-10(14)12(11)15(16)17/h1-7H. The summed E-state index contributed by atoms with van der Waals surface area (Å²) in [7, 11) is 0. The first-order valence-corrected chi connectivity index (χ1v) is 6.13. The zero-order valence-electron chi connectivity index (χ0n) is 8.97. The molecule has 92 valence electrons. The van der Waals surface area contributed by atoms with Crippen LogP contribution in [0.4, 0.5) is 10.1 Å². The molecule has 0 bridgehead atoms. The molecule has 0 radical (unpaired) electrons. The lowest BCUT2D eigenvalue weighted by Crippen LogP contribution is -1.94. The van der Waals surface area contributed by atoms with Crippen molar-refractivity contribution in [2.75, 3.05) is 0 Å². The van der Waals surface area contributed by atoms with Crippen molar-refractivity contribution < 1.29 is 9.31 Å². The summed E-state index contributed by atoms with van der Waals surface area (Å²) in [6.07, 6.45) is 0. The van der Waals surface area contributed by atoms with Crippen LogP contribution >= 0.6 is 23.4 Å². The van der Waals surface area contributed by atoms with Crippen molar-refractivity contribution in [3.8, 4) is 0 Å². The zero-order valence-corrected chi connectivity index (χ0v) is 10.5. The molecule has 0 aromatic heterocycles. The second kappa shape index (κ2) is 5.37. The Labute approximate surface area is 112 Å². The quantitative estimate of drug-likeness (QED) is 0.613. The number of para-hydroxylation sites is 1. The normalized spacial score (nSPS) is 10.3. The third-order valence-corrected chi connectivity index (χ3v) is 3.43. The molecule has 0 aliphatic heterocycles. The van der Waals surface area contributed by atoms with Crippen LogP contribution in [0.1, 0.15) is 0 Å². The number of hydrogen-bond acceptors (Lipinski definition) is 3. The fraction of sp³-hybridized carbons (Fsp3) is 0. The first-order chi connectivity index (χ1) is 8.58. The maximum absolute atomic E-state index is 13.4. The van der Waals surface area contributed by atoms with Gasteiger partial charge in [0.15, 0.2) is 0 Å². The van der Waals surface area contributed by atoms with Crippen molar-refractivity contribution in [2.45, 2.75) is 9.79 Å². The monoisotopic (exact) mass is 283 g/mol. The van der Waals surface area contributed by atoms with Gasteiger partial charge in [0.25, 0.3) is 0 Å². The van der Waals surface area contributed by atoms with Crippen LogP contribution in [0.5, 0.6) is 0 Å². The Balaban J connectivity index is 2.40. The predicted molar refractivity (Wildman–Crippen MR) is 68.6 cm³/mol. The molecule has 0 saturated carbocycles. The number of rotatable bonds is 3. The molecule has 0 amide bonds. The minimum atomic E-state index is -0.841. The number of nitro groups is 1. The van der Waals surface area contributed by atoms with Crippen molar-refractivity contribution in [3.63, 3.8) is 0 Å². The minimum absolute atomic E-state index is 0.252. The van der Waals surface area contributed by atoms with E-state index in [2.05, 4.69) is 0 Å². The average molecular weight is 284 g/mol. The number of nitrogens with zero attached hydrogens (tertiary/aromatic N) is 1. The molecule has 18 heavy (non-hydrogen) atoms. The highest BCUT2D eigenvalue weighted by Gasteiger charge is 2.20. The Kier molecular flexibility index (Phi) is 3.84. The van der Waals surface area contributed by atoms with E-state index < -0.39 is 16.4 Å². The molecule has 0 unspecified atom stereocenters. The van der Waals surface area contributed by atoms with Gasteiger partial charge in [0, 0.05) is 9.92 Å². The molecular formula is C12H7ClFNO2S. The molecule has 0 heterocycles. The highest BCUT2D eigenvalue weighted by Crippen LogP contribution is 2.36. The Hall–Kier alpha value is -1.59. The SMILES string of the molecule is O=[N+]([O-])c1c(F)cccc1Sc1cccc(Cl)c1. The van der Waals surface area contributed by atoms with Crippen LogP contribution in [-0.2, 0) is 0 Å². The van der Waals surface area contributed by atoms with E-state index in [0.717, 1.165) is 22.7 Å². The molecule has 2 aromatic rings. The topological polar surface area (TPSA) is 43.1 Å². The van der Waals surface area contributed by atoms with E-state index in [-0.39, 0.29) is 4.90 Å². The van der Waals surface area contributed by atoms with Gasteiger partial charge in [0.05, 0.1) is 9.82 Å². The van der Waals surface area contributed by atoms with E-state index >= 15 is 0 Å². The largest absolute Gasteiger partial charge is 0.318 e. The van der Waals surface area contributed by atoms with E-state index in [1.807, 2.05) is 0 Å². The number of nitro benzene ring substituents is 1. The second-order valence-electron chi connectivity index (χ2n) is 3.40. The number of halogens is 2. The van der Waals surface area contributed by atoms with Crippen molar-refractivity contribution in [1.82, 2.24) is 0 Å². The molecule has 0 atom stereocenters. The van der Waals surface area contributed by atoms with E-state index in [1.165, 1.54) is 12.1 Å². The summed E-state index contributed by atoms with van der Waals surface area (Å²) in [5.41, 5.74) is -0.512. The Morgan fingerprint density at radius 1 is 1.22 bits per heavy atom. The van der Waals surface area contributed by atoms with Gasteiger partial charge in [-0.1, -0.05) is 35.5 Å². The summed E-state index contributed by atoms with van der Waals surface area (Å²) < 4.78 is 13.4. The van der Waals surface area contributed by atoms with Gasteiger partial charge in [-0.25, -0.2) is 0 Å². The summed E-state index contributed by atoms with van der Waals surface area (Å²) in [5.74, 6) is -0.841. The number of benzene rings is 2. The van der Waals surface area contributed by atoms with Gasteiger partial charge in [-0.05, 0) is 30.3 Å². The molecule has 0 fully saturated rings. The van der Waals surface area contributed by atoms with Crippen molar-refractivity contribution in [2.24, 2.45) is 0 Å². The third-order valence-electron chi connectivity index (χ3n) is 2.16. The van der Waals surface area contributed by atoms with Gasteiger partial charge in [-0.15, -0.1) is 0 Å². The maximum atomic E-state index is 13.4. The lowest BCUT2D eigenvalue weighted by atomic mass is 10.3. The Morgan fingerprint density at radius 2 is 1.94 bits per heavy atom. The fourth-order valence-electron chi connectivity index (χ4n) is 1.41. The van der Waals surface area contributed by atoms with E-state index in [9.17, 15) is 14.5 Å². The van der Waals surface area contributed by atoms with Gasteiger partial charge in [-0.2, -0.15) is 4.39 Å². The van der Waals surface area contributed by atoms with Crippen LogP contribution in [0.3, 0.4) is 0 Å². The lowest BCUT2D eigenvalue weighted by molar-refractivity contribution is -0.390. The zero-order chi connectivity index (χ0) is 13.1. The van der Waals surface area contributed by atoms with Gasteiger partial charge < -0.3 is 0 Å². The minimum Gasteiger partial charge on any atom is -0.258 e. The van der Waals surface area contributed by atoms with E-state index in [4.69, 9.17) is 11.6 Å². The van der Waals surface area contributed by atoms with E-state index in [1.54, 1.807) is 24.3 Å². The van der Waals surface area contributed by atoms with Crippen molar-refractivity contribution in [3.05, 3.63) is 63.4 Å².